The third kappa shape index (κ3) is 7.67. The van der Waals surface area contributed by atoms with E-state index in [1.807, 2.05) is 31.2 Å². The van der Waals surface area contributed by atoms with Crippen molar-refractivity contribution in [1.82, 2.24) is 20.9 Å². The topological polar surface area (TPSA) is 120 Å². The SMILES string of the molecule is CC(C)[C@H](NC(=O)[C@H](Cc1cccnc1)NC(=O)N[C@@H](C)c1ccc(Br)cc1)C(=O)O. The molecule has 9 heteroatoms. The number of amides is 3. The van der Waals surface area contributed by atoms with Gasteiger partial charge in [0.2, 0.25) is 5.91 Å². The van der Waals surface area contributed by atoms with E-state index in [2.05, 4.69) is 36.9 Å². The number of carbonyl (C=O) groups excluding carboxylic acids is 2. The molecule has 2 rings (SSSR count). The molecule has 0 fully saturated rings. The van der Waals surface area contributed by atoms with E-state index in [1.54, 1.807) is 38.4 Å². The second-order valence-electron chi connectivity index (χ2n) is 7.58. The number of rotatable bonds is 9. The zero-order valence-electron chi connectivity index (χ0n) is 17.6. The molecule has 0 aliphatic carbocycles. The van der Waals surface area contributed by atoms with Gasteiger partial charge in [0.25, 0.3) is 0 Å². The quantitative estimate of drug-likeness (QED) is 0.430. The van der Waals surface area contributed by atoms with Crippen LogP contribution >= 0.6 is 15.9 Å². The van der Waals surface area contributed by atoms with Crippen LogP contribution < -0.4 is 16.0 Å². The minimum Gasteiger partial charge on any atom is -0.480 e. The summed E-state index contributed by atoms with van der Waals surface area (Å²) in [6.45, 7) is 5.24. The minimum atomic E-state index is -1.13. The molecule has 3 amide bonds. The average Bonchev–Trinajstić information content (AvgIpc) is 2.72. The summed E-state index contributed by atoms with van der Waals surface area (Å²) >= 11 is 3.37. The Hall–Kier alpha value is -2.94. The van der Waals surface area contributed by atoms with Crippen molar-refractivity contribution >= 4 is 33.8 Å². The maximum Gasteiger partial charge on any atom is 0.326 e. The van der Waals surface area contributed by atoms with Crippen LogP contribution in [0.3, 0.4) is 0 Å². The van der Waals surface area contributed by atoms with Gasteiger partial charge >= 0.3 is 12.0 Å². The summed E-state index contributed by atoms with van der Waals surface area (Å²) in [4.78, 5) is 41.0. The predicted molar refractivity (Wildman–Crippen MR) is 120 cm³/mol. The molecule has 0 saturated heterocycles. The fourth-order valence-corrected chi connectivity index (χ4v) is 3.23. The van der Waals surface area contributed by atoms with Gasteiger partial charge in [-0.15, -0.1) is 0 Å². The Morgan fingerprint density at radius 3 is 2.26 bits per heavy atom. The lowest BCUT2D eigenvalue weighted by Crippen LogP contribution is -2.55. The molecule has 0 radical (unpaired) electrons. The van der Waals surface area contributed by atoms with Crippen LogP contribution in [-0.4, -0.2) is 40.1 Å². The van der Waals surface area contributed by atoms with Crippen LogP contribution in [0.25, 0.3) is 0 Å². The van der Waals surface area contributed by atoms with E-state index in [4.69, 9.17) is 0 Å². The van der Waals surface area contributed by atoms with Gasteiger partial charge in [-0.1, -0.05) is 48.0 Å². The number of hydrogen-bond donors (Lipinski definition) is 4. The smallest absolute Gasteiger partial charge is 0.326 e. The Labute approximate surface area is 190 Å². The van der Waals surface area contributed by atoms with Crippen molar-refractivity contribution in [3.8, 4) is 0 Å². The summed E-state index contributed by atoms with van der Waals surface area (Å²) in [6, 6.07) is 8.18. The number of carbonyl (C=O) groups is 3. The highest BCUT2D eigenvalue weighted by Gasteiger charge is 2.29. The average molecular weight is 491 g/mol. The molecule has 4 N–H and O–H groups in total. The van der Waals surface area contributed by atoms with Crippen molar-refractivity contribution in [3.63, 3.8) is 0 Å². The minimum absolute atomic E-state index is 0.171. The monoisotopic (exact) mass is 490 g/mol. The Morgan fingerprint density at radius 1 is 1.03 bits per heavy atom. The first-order chi connectivity index (χ1) is 14.7. The van der Waals surface area contributed by atoms with E-state index in [0.717, 1.165) is 15.6 Å². The molecule has 0 aliphatic heterocycles. The van der Waals surface area contributed by atoms with Crippen LogP contribution in [0.4, 0.5) is 4.79 Å². The van der Waals surface area contributed by atoms with Gasteiger partial charge in [0.05, 0.1) is 6.04 Å². The molecule has 0 saturated carbocycles. The maximum absolute atomic E-state index is 12.9. The van der Waals surface area contributed by atoms with E-state index in [9.17, 15) is 19.5 Å². The predicted octanol–water partition coefficient (Wildman–Crippen LogP) is 3.04. The number of halogens is 1. The third-order valence-electron chi connectivity index (χ3n) is 4.73. The van der Waals surface area contributed by atoms with Gasteiger partial charge in [-0.05, 0) is 42.2 Å². The molecule has 0 unspecified atom stereocenters. The second-order valence-corrected chi connectivity index (χ2v) is 8.49. The molecule has 1 aromatic heterocycles. The zero-order valence-corrected chi connectivity index (χ0v) is 19.2. The summed E-state index contributed by atoms with van der Waals surface area (Å²) in [5, 5.41) is 17.4. The van der Waals surface area contributed by atoms with Crippen LogP contribution in [0.5, 0.6) is 0 Å². The standard InChI is InChI=1S/C22H27BrN4O4/c1-13(2)19(21(29)30)27-20(28)18(11-15-5-4-10-24-12-15)26-22(31)25-14(3)16-6-8-17(23)9-7-16/h4-10,12-14,18-19H,11H2,1-3H3,(H,27,28)(H,29,30)(H2,25,26,31)/t14-,18-,19-/m0/s1. The van der Waals surface area contributed by atoms with Crippen molar-refractivity contribution in [2.24, 2.45) is 5.92 Å². The Bertz CT molecular complexity index is 890. The number of urea groups is 1. The number of carboxylic acid groups (broad SMARTS) is 1. The molecule has 0 aliphatic rings. The number of pyridine rings is 1. The number of nitrogens with zero attached hydrogens (tertiary/aromatic N) is 1. The Kier molecular flexibility index (Phi) is 8.99. The molecular weight excluding hydrogens is 464 g/mol. The number of aliphatic carboxylic acids is 1. The third-order valence-corrected chi connectivity index (χ3v) is 5.26. The highest BCUT2D eigenvalue weighted by molar-refractivity contribution is 9.10. The highest BCUT2D eigenvalue weighted by atomic mass is 79.9. The largest absolute Gasteiger partial charge is 0.480 e. The molecule has 3 atom stereocenters. The molecule has 8 nitrogen and oxygen atoms in total. The van der Waals surface area contributed by atoms with E-state index in [0.29, 0.717) is 0 Å². The summed E-state index contributed by atoms with van der Waals surface area (Å²) in [6.07, 6.45) is 3.38. The fourth-order valence-electron chi connectivity index (χ4n) is 2.96. The molecule has 31 heavy (non-hydrogen) atoms. The molecule has 0 spiro atoms. The van der Waals surface area contributed by atoms with Crippen molar-refractivity contribution in [2.45, 2.75) is 45.3 Å². The van der Waals surface area contributed by atoms with Crippen molar-refractivity contribution in [3.05, 3.63) is 64.4 Å². The van der Waals surface area contributed by atoms with Gasteiger partial charge in [-0.25, -0.2) is 9.59 Å². The van der Waals surface area contributed by atoms with Crippen LogP contribution in [0.15, 0.2) is 53.3 Å². The summed E-state index contributed by atoms with van der Waals surface area (Å²) in [7, 11) is 0. The summed E-state index contributed by atoms with van der Waals surface area (Å²) in [5.41, 5.74) is 1.64. The summed E-state index contributed by atoms with van der Waals surface area (Å²) in [5.74, 6) is -2.01. The molecule has 1 heterocycles. The molecular formula is C22H27BrN4O4. The number of hydrogen-bond acceptors (Lipinski definition) is 4. The molecule has 166 valence electrons. The van der Waals surface area contributed by atoms with Gasteiger partial charge in [0, 0.05) is 23.3 Å². The van der Waals surface area contributed by atoms with Crippen LogP contribution in [0.1, 0.15) is 37.9 Å². The first-order valence-corrected chi connectivity index (χ1v) is 10.7. The van der Waals surface area contributed by atoms with Gasteiger partial charge < -0.3 is 21.1 Å². The number of nitrogens with one attached hydrogen (secondary N) is 3. The van der Waals surface area contributed by atoms with Crippen molar-refractivity contribution < 1.29 is 19.5 Å². The van der Waals surface area contributed by atoms with Gasteiger partial charge in [0.1, 0.15) is 12.1 Å². The first-order valence-electron chi connectivity index (χ1n) is 9.92. The van der Waals surface area contributed by atoms with Crippen LogP contribution in [0.2, 0.25) is 0 Å². The van der Waals surface area contributed by atoms with Crippen molar-refractivity contribution in [1.29, 1.82) is 0 Å². The highest BCUT2D eigenvalue weighted by Crippen LogP contribution is 2.16. The Balaban J connectivity index is 2.11. The normalized spacial score (nSPS) is 13.7. The number of aromatic nitrogens is 1. The van der Waals surface area contributed by atoms with E-state index in [-0.39, 0.29) is 18.4 Å². The lowest BCUT2D eigenvalue weighted by molar-refractivity contribution is -0.143. The van der Waals surface area contributed by atoms with Gasteiger partial charge in [-0.3, -0.25) is 9.78 Å². The molecule has 2 aromatic rings. The van der Waals surface area contributed by atoms with E-state index >= 15 is 0 Å². The van der Waals surface area contributed by atoms with Gasteiger partial charge in [0.15, 0.2) is 0 Å². The maximum atomic E-state index is 12.9. The fraction of sp³-hybridized carbons (Fsp3) is 0.364. The second kappa shape index (κ2) is 11.5. The zero-order chi connectivity index (χ0) is 23.0. The van der Waals surface area contributed by atoms with E-state index in [1.165, 1.54) is 0 Å². The van der Waals surface area contributed by atoms with Crippen molar-refractivity contribution in [2.75, 3.05) is 0 Å². The number of carboxylic acids is 1. The van der Waals surface area contributed by atoms with Crippen LogP contribution in [-0.2, 0) is 16.0 Å². The molecule has 0 bridgehead atoms. The van der Waals surface area contributed by atoms with Gasteiger partial charge in [-0.2, -0.15) is 0 Å². The van der Waals surface area contributed by atoms with Crippen LogP contribution in [0, 0.1) is 5.92 Å². The van der Waals surface area contributed by atoms with E-state index < -0.39 is 30.0 Å². The number of benzene rings is 1. The Morgan fingerprint density at radius 2 is 1.71 bits per heavy atom. The molecule has 1 aromatic carbocycles. The lowest BCUT2D eigenvalue weighted by Gasteiger charge is -2.24. The lowest BCUT2D eigenvalue weighted by atomic mass is 10.0. The summed E-state index contributed by atoms with van der Waals surface area (Å²) < 4.78 is 0.930. The first kappa shape index (κ1) is 24.3.